The second-order valence-corrected chi connectivity index (χ2v) is 5.02. The highest BCUT2D eigenvalue weighted by molar-refractivity contribution is 5.92. The third-order valence-electron chi connectivity index (χ3n) is 3.65. The van der Waals surface area contributed by atoms with Gasteiger partial charge in [-0.15, -0.1) is 0 Å². The number of carbonyl (C=O) groups is 2. The lowest BCUT2D eigenvalue weighted by Crippen LogP contribution is -2.39. The second kappa shape index (κ2) is 7.07. The molecule has 2 N–H and O–H groups in total. The molecule has 0 aromatic carbocycles. The first kappa shape index (κ1) is 16.2. The Morgan fingerprint density at radius 2 is 1.95 bits per heavy atom. The normalized spacial score (nSPS) is 14.1. The Hall–Kier alpha value is -1.85. The molecule has 1 amide bonds. The molecule has 0 radical (unpaired) electrons. The zero-order valence-electron chi connectivity index (χ0n) is 12.3. The fourth-order valence-electron chi connectivity index (χ4n) is 1.91. The number of hydrogen-bond donors (Lipinski definition) is 2. The maximum Gasteiger partial charge on any atom is 0.308 e. The molecule has 112 valence electrons. The number of amides is 1. The molecule has 1 aromatic rings. The number of nitrogens with one attached hydrogen (secondary N) is 1. The number of hydrogen-bond acceptors (Lipinski definition) is 4. The van der Waals surface area contributed by atoms with Gasteiger partial charge >= 0.3 is 5.97 Å². The van der Waals surface area contributed by atoms with Gasteiger partial charge in [-0.1, -0.05) is 19.0 Å². The number of carboxylic acid groups (broad SMARTS) is 1. The number of aromatic nitrogens is 1. The number of nitrogens with zero attached hydrogens (tertiary/aromatic N) is 1. The van der Waals surface area contributed by atoms with Crippen molar-refractivity contribution in [3.63, 3.8) is 0 Å². The molecule has 6 nitrogen and oxygen atoms in total. The van der Waals surface area contributed by atoms with E-state index in [2.05, 4.69) is 24.3 Å². The molecule has 6 heteroatoms. The van der Waals surface area contributed by atoms with Crippen molar-refractivity contribution < 1.29 is 19.2 Å². The molecule has 1 heterocycles. The topological polar surface area (TPSA) is 92.4 Å². The molecule has 0 spiro atoms. The smallest absolute Gasteiger partial charge is 0.308 e. The molecule has 2 unspecified atom stereocenters. The average Bonchev–Trinajstić information content (AvgIpc) is 2.88. The average molecular weight is 282 g/mol. The summed E-state index contributed by atoms with van der Waals surface area (Å²) < 4.78 is 5.04. The van der Waals surface area contributed by atoms with Crippen LogP contribution in [-0.4, -0.2) is 28.2 Å². The summed E-state index contributed by atoms with van der Waals surface area (Å²) in [7, 11) is 0. The lowest BCUT2D eigenvalue weighted by atomic mass is 9.99. The van der Waals surface area contributed by atoms with Gasteiger partial charge in [0, 0.05) is 18.0 Å². The summed E-state index contributed by atoms with van der Waals surface area (Å²) in [5.41, 5.74) is 0.763. The molecule has 0 saturated heterocycles. The van der Waals surface area contributed by atoms with Crippen LogP contribution in [0.25, 0.3) is 0 Å². The highest BCUT2D eigenvalue weighted by Gasteiger charge is 2.24. The van der Waals surface area contributed by atoms with Gasteiger partial charge in [-0.25, -0.2) is 0 Å². The van der Waals surface area contributed by atoms with Gasteiger partial charge in [0.05, 0.1) is 11.6 Å². The van der Waals surface area contributed by atoms with E-state index in [0.717, 1.165) is 18.5 Å². The predicted molar refractivity (Wildman–Crippen MR) is 73.6 cm³/mol. The van der Waals surface area contributed by atoms with E-state index in [9.17, 15) is 9.59 Å². The second-order valence-electron chi connectivity index (χ2n) is 5.02. The molecule has 1 aromatic heterocycles. The number of aliphatic carboxylic acids is 1. The van der Waals surface area contributed by atoms with Crippen molar-refractivity contribution in [1.29, 1.82) is 0 Å². The molecule has 0 aliphatic rings. The standard InChI is InChI=1S/C14H22N2O4/c1-5-10(6-2)11-7-12(20-16-11)13(17)15-9(4)8(3)14(18)19/h7-10H,5-6H2,1-4H3,(H,15,17)(H,18,19). The van der Waals surface area contributed by atoms with E-state index < -0.39 is 23.8 Å². The van der Waals surface area contributed by atoms with Gasteiger partial charge in [0.15, 0.2) is 0 Å². The minimum atomic E-state index is -0.951. The maximum absolute atomic E-state index is 12.0. The number of carbonyl (C=O) groups excluding carboxylic acids is 1. The van der Waals surface area contributed by atoms with E-state index in [-0.39, 0.29) is 11.7 Å². The van der Waals surface area contributed by atoms with E-state index in [4.69, 9.17) is 9.63 Å². The Bertz CT molecular complexity index is 465. The first-order valence-corrected chi connectivity index (χ1v) is 6.90. The minimum Gasteiger partial charge on any atom is -0.481 e. The van der Waals surface area contributed by atoms with E-state index >= 15 is 0 Å². The SMILES string of the molecule is CCC(CC)c1cc(C(=O)NC(C)C(C)C(=O)O)on1. The Morgan fingerprint density at radius 1 is 1.35 bits per heavy atom. The van der Waals surface area contributed by atoms with Gasteiger partial charge in [-0.3, -0.25) is 9.59 Å². The molecule has 0 aliphatic heterocycles. The molecule has 0 saturated carbocycles. The van der Waals surface area contributed by atoms with Crippen LogP contribution >= 0.6 is 0 Å². The highest BCUT2D eigenvalue weighted by atomic mass is 16.5. The zero-order valence-corrected chi connectivity index (χ0v) is 12.3. The highest BCUT2D eigenvalue weighted by Crippen LogP contribution is 2.22. The maximum atomic E-state index is 12.0. The van der Waals surface area contributed by atoms with E-state index in [1.165, 1.54) is 0 Å². The summed E-state index contributed by atoms with van der Waals surface area (Å²) >= 11 is 0. The van der Waals surface area contributed by atoms with Gasteiger partial charge in [-0.05, 0) is 26.7 Å². The van der Waals surface area contributed by atoms with Crippen LogP contribution in [0, 0.1) is 5.92 Å². The van der Waals surface area contributed by atoms with Crippen LogP contribution in [-0.2, 0) is 4.79 Å². The summed E-state index contributed by atoms with van der Waals surface area (Å²) in [5.74, 6) is -1.66. The van der Waals surface area contributed by atoms with E-state index in [1.807, 2.05) is 0 Å². The fourth-order valence-corrected chi connectivity index (χ4v) is 1.91. The third-order valence-corrected chi connectivity index (χ3v) is 3.65. The summed E-state index contributed by atoms with van der Waals surface area (Å²) in [4.78, 5) is 22.8. The molecule has 2 atom stereocenters. The predicted octanol–water partition coefficient (Wildman–Crippen LogP) is 2.42. The van der Waals surface area contributed by atoms with Crippen molar-refractivity contribution >= 4 is 11.9 Å². The number of carboxylic acids is 1. The van der Waals surface area contributed by atoms with Gasteiger partial charge in [-0.2, -0.15) is 0 Å². The van der Waals surface area contributed by atoms with Crippen molar-refractivity contribution in [3.05, 3.63) is 17.5 Å². The third kappa shape index (κ3) is 3.82. The fraction of sp³-hybridized carbons (Fsp3) is 0.643. The molecule has 0 bridgehead atoms. The van der Waals surface area contributed by atoms with Crippen LogP contribution in [0.4, 0.5) is 0 Å². The number of rotatable bonds is 7. The Morgan fingerprint density at radius 3 is 2.45 bits per heavy atom. The van der Waals surface area contributed by atoms with E-state index in [1.54, 1.807) is 19.9 Å². The van der Waals surface area contributed by atoms with Crippen LogP contribution in [0.1, 0.15) is 62.7 Å². The lowest BCUT2D eigenvalue weighted by Gasteiger charge is -2.16. The van der Waals surface area contributed by atoms with Crippen LogP contribution in [0.15, 0.2) is 10.6 Å². The molecular formula is C14H22N2O4. The van der Waals surface area contributed by atoms with Crippen molar-refractivity contribution in [2.75, 3.05) is 0 Å². The summed E-state index contributed by atoms with van der Waals surface area (Å²) in [6.07, 6.45) is 1.85. The summed E-state index contributed by atoms with van der Waals surface area (Å²) in [6, 6.07) is 1.15. The van der Waals surface area contributed by atoms with E-state index in [0.29, 0.717) is 0 Å². The Balaban J connectivity index is 2.71. The van der Waals surface area contributed by atoms with Gasteiger partial charge in [0.25, 0.3) is 5.91 Å². The lowest BCUT2D eigenvalue weighted by molar-refractivity contribution is -0.141. The van der Waals surface area contributed by atoms with Gasteiger partial charge in [0.1, 0.15) is 0 Å². The Kier molecular flexibility index (Phi) is 5.73. The Labute approximate surface area is 118 Å². The first-order valence-electron chi connectivity index (χ1n) is 6.90. The van der Waals surface area contributed by atoms with Crippen molar-refractivity contribution in [3.8, 4) is 0 Å². The van der Waals surface area contributed by atoms with Gasteiger partial charge < -0.3 is 14.9 Å². The van der Waals surface area contributed by atoms with Crippen molar-refractivity contribution in [2.24, 2.45) is 5.92 Å². The van der Waals surface area contributed by atoms with Crippen LogP contribution in [0.2, 0.25) is 0 Å². The van der Waals surface area contributed by atoms with Crippen LogP contribution < -0.4 is 5.32 Å². The van der Waals surface area contributed by atoms with Gasteiger partial charge in [0.2, 0.25) is 5.76 Å². The molecule has 20 heavy (non-hydrogen) atoms. The van der Waals surface area contributed by atoms with Crippen molar-refractivity contribution in [1.82, 2.24) is 10.5 Å². The largest absolute Gasteiger partial charge is 0.481 e. The quantitative estimate of drug-likeness (QED) is 0.801. The van der Waals surface area contributed by atoms with Crippen LogP contribution in [0.5, 0.6) is 0 Å². The molecular weight excluding hydrogens is 260 g/mol. The zero-order chi connectivity index (χ0) is 15.3. The monoisotopic (exact) mass is 282 g/mol. The summed E-state index contributed by atoms with van der Waals surface area (Å²) in [6.45, 7) is 7.30. The van der Waals surface area contributed by atoms with Crippen LogP contribution in [0.3, 0.4) is 0 Å². The molecule has 0 aliphatic carbocycles. The minimum absolute atomic E-state index is 0.122. The molecule has 0 fully saturated rings. The molecule has 1 rings (SSSR count). The first-order chi connectivity index (χ1) is 9.40. The summed E-state index contributed by atoms with van der Waals surface area (Å²) in [5, 5.41) is 15.4. The van der Waals surface area contributed by atoms with Crippen molar-refractivity contribution in [2.45, 2.75) is 52.5 Å².